The molecule has 1 fully saturated rings. The van der Waals surface area contributed by atoms with Gasteiger partial charge in [0, 0.05) is 31.5 Å². The van der Waals surface area contributed by atoms with E-state index in [1.807, 2.05) is 7.05 Å². The van der Waals surface area contributed by atoms with Crippen LogP contribution < -0.4 is 5.56 Å². The van der Waals surface area contributed by atoms with Gasteiger partial charge in [-0.1, -0.05) is 12.1 Å². The van der Waals surface area contributed by atoms with E-state index < -0.39 is 17.1 Å². The second-order valence-corrected chi connectivity index (χ2v) is 7.80. The minimum absolute atomic E-state index is 0.0774. The summed E-state index contributed by atoms with van der Waals surface area (Å²) in [6.45, 7) is 0.861. The Labute approximate surface area is 161 Å². The number of hydrogen-bond acceptors (Lipinski definition) is 6. The van der Waals surface area contributed by atoms with E-state index in [-0.39, 0.29) is 24.0 Å². The Kier molecular flexibility index (Phi) is 5.96. The summed E-state index contributed by atoms with van der Waals surface area (Å²) in [6.07, 6.45) is 0.456. The maximum absolute atomic E-state index is 13.0. The van der Waals surface area contributed by atoms with Crippen LogP contribution in [0.25, 0.3) is 0 Å². The molecule has 2 heterocycles. The van der Waals surface area contributed by atoms with Crippen molar-refractivity contribution in [2.45, 2.75) is 18.9 Å². The average Bonchev–Trinajstić information content (AvgIpc) is 2.66. The highest BCUT2D eigenvalue weighted by atomic mass is 32.2. The van der Waals surface area contributed by atoms with E-state index in [1.165, 1.54) is 16.7 Å². The highest BCUT2D eigenvalue weighted by molar-refractivity contribution is 7.99. The van der Waals surface area contributed by atoms with Crippen molar-refractivity contribution >= 4 is 17.5 Å². The van der Waals surface area contributed by atoms with Crippen molar-refractivity contribution in [3.05, 3.63) is 57.5 Å². The molecular weight excluding hydrogens is 369 g/mol. The highest BCUT2D eigenvalue weighted by Crippen LogP contribution is 2.27. The molecule has 8 heteroatoms. The monoisotopic (exact) mass is 391 g/mol. The fraction of sp³-hybridized carbons (Fsp3) is 0.421. The smallest absolute Gasteiger partial charge is 0.296 e. The number of halogens is 1. The van der Waals surface area contributed by atoms with Gasteiger partial charge >= 0.3 is 0 Å². The molecule has 1 unspecified atom stereocenters. The lowest BCUT2D eigenvalue weighted by Crippen LogP contribution is -2.38. The van der Waals surface area contributed by atoms with Gasteiger partial charge in [-0.2, -0.15) is 11.8 Å². The van der Waals surface area contributed by atoms with E-state index in [4.69, 9.17) is 0 Å². The zero-order chi connectivity index (χ0) is 19.6. The molecule has 144 valence electrons. The predicted molar refractivity (Wildman–Crippen MR) is 103 cm³/mol. The summed E-state index contributed by atoms with van der Waals surface area (Å²) < 4.78 is 14.3. The zero-order valence-electron chi connectivity index (χ0n) is 15.3. The van der Waals surface area contributed by atoms with Crippen LogP contribution in [0, 0.1) is 5.82 Å². The first kappa shape index (κ1) is 19.6. The summed E-state index contributed by atoms with van der Waals surface area (Å²) >= 11 is 1.77. The van der Waals surface area contributed by atoms with Gasteiger partial charge in [-0.3, -0.25) is 19.1 Å². The van der Waals surface area contributed by atoms with Gasteiger partial charge in [-0.05, 0) is 31.2 Å². The number of rotatable bonds is 5. The minimum Gasteiger partial charge on any atom is -0.501 e. The van der Waals surface area contributed by atoms with Gasteiger partial charge in [0.25, 0.3) is 5.56 Å². The fourth-order valence-electron chi connectivity index (χ4n) is 3.08. The van der Waals surface area contributed by atoms with Gasteiger partial charge in [-0.25, -0.2) is 9.37 Å². The number of thioether (sulfide) groups is 1. The first-order valence-electron chi connectivity index (χ1n) is 8.74. The summed E-state index contributed by atoms with van der Waals surface area (Å²) in [4.78, 5) is 31.5. The van der Waals surface area contributed by atoms with Gasteiger partial charge in [0.1, 0.15) is 11.6 Å². The molecule has 1 aliphatic rings. The Morgan fingerprint density at radius 3 is 2.70 bits per heavy atom. The van der Waals surface area contributed by atoms with Crippen molar-refractivity contribution in [2.24, 2.45) is 7.05 Å². The van der Waals surface area contributed by atoms with E-state index in [0.29, 0.717) is 12.2 Å². The van der Waals surface area contributed by atoms with Crippen LogP contribution in [0.5, 0.6) is 5.75 Å². The third-order valence-electron chi connectivity index (χ3n) is 4.81. The lowest BCUT2D eigenvalue weighted by Gasteiger charge is -2.32. The molecule has 2 aromatic rings. The van der Waals surface area contributed by atoms with Crippen molar-refractivity contribution in [2.75, 3.05) is 25.1 Å². The van der Waals surface area contributed by atoms with Crippen LogP contribution in [0.2, 0.25) is 0 Å². The Morgan fingerprint density at radius 2 is 2.04 bits per heavy atom. The average molecular weight is 391 g/mol. The number of aryl methyl sites for hydroxylation is 1. The van der Waals surface area contributed by atoms with Gasteiger partial charge in [0.05, 0.1) is 6.04 Å². The Bertz CT molecular complexity index is 898. The highest BCUT2D eigenvalue weighted by Gasteiger charge is 2.28. The third-order valence-corrected chi connectivity index (χ3v) is 5.84. The molecule has 3 rings (SSSR count). The van der Waals surface area contributed by atoms with Crippen molar-refractivity contribution in [3.8, 4) is 5.75 Å². The number of aromatic hydroxyl groups is 1. The number of ketones is 1. The van der Waals surface area contributed by atoms with Crippen LogP contribution >= 0.6 is 11.8 Å². The molecule has 1 atom stereocenters. The van der Waals surface area contributed by atoms with Crippen molar-refractivity contribution in [1.29, 1.82) is 0 Å². The van der Waals surface area contributed by atoms with Crippen LogP contribution in [-0.2, 0) is 13.5 Å². The molecule has 1 saturated heterocycles. The largest absolute Gasteiger partial charge is 0.501 e. The molecule has 1 N–H and O–H groups in total. The maximum atomic E-state index is 13.0. The second-order valence-electron chi connectivity index (χ2n) is 6.65. The standard InChI is InChI=1S/C19H22FN3O3S/c1-22-9-10-27-11-14(22)18-21-16(17(25)19(26)23(18)2)15(24)8-5-12-3-6-13(20)7-4-12/h3-4,6-7,14,25H,5,8-11H2,1-2H3. The quantitative estimate of drug-likeness (QED) is 0.788. The summed E-state index contributed by atoms with van der Waals surface area (Å²) in [5, 5.41) is 10.2. The molecule has 0 aliphatic carbocycles. The molecule has 0 saturated carbocycles. The van der Waals surface area contributed by atoms with E-state index >= 15 is 0 Å². The Balaban J connectivity index is 1.86. The topological polar surface area (TPSA) is 75.4 Å². The lowest BCUT2D eigenvalue weighted by molar-refractivity contribution is 0.0973. The minimum atomic E-state index is -0.617. The normalized spacial score (nSPS) is 17.8. The second kappa shape index (κ2) is 8.22. The molecule has 6 nitrogen and oxygen atoms in total. The van der Waals surface area contributed by atoms with Crippen LogP contribution in [0.15, 0.2) is 29.1 Å². The predicted octanol–water partition coefficient (Wildman–Crippen LogP) is 2.16. The zero-order valence-corrected chi connectivity index (χ0v) is 16.1. The van der Waals surface area contributed by atoms with Crippen LogP contribution in [0.4, 0.5) is 4.39 Å². The van der Waals surface area contributed by atoms with Crippen LogP contribution in [-0.4, -0.2) is 50.4 Å². The molecule has 1 aromatic carbocycles. The lowest BCUT2D eigenvalue weighted by atomic mass is 10.1. The summed E-state index contributed by atoms with van der Waals surface area (Å²) in [5.41, 5.74) is 0.00463. The van der Waals surface area contributed by atoms with Crippen molar-refractivity contribution in [3.63, 3.8) is 0 Å². The van der Waals surface area contributed by atoms with E-state index in [1.54, 1.807) is 30.9 Å². The molecule has 1 aromatic heterocycles. The van der Waals surface area contributed by atoms with Gasteiger partial charge in [0.15, 0.2) is 11.5 Å². The van der Waals surface area contributed by atoms with Crippen LogP contribution in [0.1, 0.15) is 34.3 Å². The van der Waals surface area contributed by atoms with E-state index in [0.717, 1.165) is 23.6 Å². The summed E-state index contributed by atoms with van der Waals surface area (Å²) in [7, 11) is 3.52. The fourth-order valence-corrected chi connectivity index (χ4v) is 4.30. The van der Waals surface area contributed by atoms with Crippen molar-refractivity contribution in [1.82, 2.24) is 14.5 Å². The first-order chi connectivity index (χ1) is 12.9. The van der Waals surface area contributed by atoms with Gasteiger partial charge in [-0.15, -0.1) is 0 Å². The van der Waals surface area contributed by atoms with E-state index in [2.05, 4.69) is 9.88 Å². The van der Waals surface area contributed by atoms with E-state index in [9.17, 15) is 19.1 Å². The number of aromatic nitrogens is 2. The molecular formula is C19H22FN3O3S. The molecule has 0 amide bonds. The Morgan fingerprint density at radius 1 is 1.33 bits per heavy atom. The number of hydrogen-bond donors (Lipinski definition) is 1. The molecule has 27 heavy (non-hydrogen) atoms. The molecule has 0 spiro atoms. The Hall–Kier alpha value is -2.19. The number of carbonyl (C=O) groups is 1. The van der Waals surface area contributed by atoms with Gasteiger partial charge < -0.3 is 5.11 Å². The molecule has 0 radical (unpaired) electrons. The van der Waals surface area contributed by atoms with Crippen molar-refractivity contribution < 1.29 is 14.3 Å². The number of benzene rings is 1. The third kappa shape index (κ3) is 4.22. The SMILES string of the molecule is CN1CCSCC1c1nc(C(=O)CCc2ccc(F)cc2)c(O)c(=O)n1C. The number of Topliss-reactive ketones (excluding diaryl/α,β-unsaturated/α-hetero) is 1. The first-order valence-corrected chi connectivity index (χ1v) is 9.89. The molecule has 1 aliphatic heterocycles. The van der Waals surface area contributed by atoms with Crippen LogP contribution in [0.3, 0.4) is 0 Å². The summed E-state index contributed by atoms with van der Waals surface area (Å²) in [5.74, 6) is 0.902. The van der Waals surface area contributed by atoms with Gasteiger partial charge in [0.2, 0.25) is 5.75 Å². The number of carbonyl (C=O) groups excluding carboxylic acids is 1. The maximum Gasteiger partial charge on any atom is 0.296 e. The number of nitrogens with zero attached hydrogens (tertiary/aromatic N) is 3. The summed E-state index contributed by atoms with van der Waals surface area (Å²) in [6, 6.07) is 5.80. The molecule has 0 bridgehead atoms.